The fraction of sp³-hybridized carbons (Fsp3) is 0.300. The highest BCUT2D eigenvalue weighted by Crippen LogP contribution is 2.39. The van der Waals surface area contributed by atoms with Gasteiger partial charge in [-0.2, -0.15) is 0 Å². The molecular formula is C30H32N2O3. The third-order valence-corrected chi connectivity index (χ3v) is 6.68. The van der Waals surface area contributed by atoms with Gasteiger partial charge in [-0.3, -0.25) is 4.90 Å². The highest BCUT2D eigenvalue weighted by molar-refractivity contribution is 5.87. The summed E-state index contributed by atoms with van der Waals surface area (Å²) in [6.07, 6.45) is 2.65. The summed E-state index contributed by atoms with van der Waals surface area (Å²) < 4.78 is 11.5. The summed E-state index contributed by atoms with van der Waals surface area (Å²) in [6, 6.07) is 24.8. The van der Waals surface area contributed by atoms with E-state index in [1.807, 2.05) is 36.1 Å². The van der Waals surface area contributed by atoms with Crippen LogP contribution in [0.4, 0.5) is 4.79 Å². The SMILES string of the molecule is CCCc1ccc(C2c3[nH]c4ccc(OCc5ccccc5)cc4c3CCN2C(=O)OCC)cc1. The van der Waals surface area contributed by atoms with Crippen molar-refractivity contribution < 1.29 is 14.3 Å². The molecule has 5 nitrogen and oxygen atoms in total. The van der Waals surface area contributed by atoms with Crippen molar-refractivity contribution in [3.8, 4) is 5.75 Å². The molecule has 0 aliphatic carbocycles. The number of ether oxygens (including phenoxy) is 2. The molecule has 180 valence electrons. The number of aryl methyl sites for hydroxylation is 1. The fourth-order valence-electron chi connectivity index (χ4n) is 5.00. The maximum absolute atomic E-state index is 12.9. The second kappa shape index (κ2) is 10.3. The molecule has 35 heavy (non-hydrogen) atoms. The number of hydrogen-bond donors (Lipinski definition) is 1. The number of rotatable bonds is 7. The summed E-state index contributed by atoms with van der Waals surface area (Å²) in [4.78, 5) is 18.4. The standard InChI is InChI=1S/C30H32N2O3/c1-3-8-21-11-13-23(14-12-21)29-28-25(17-18-32(29)30(33)34-4-2)26-19-24(15-16-27(26)31-28)35-20-22-9-6-5-7-10-22/h5-7,9-16,19,29,31H,3-4,8,17-18,20H2,1-2H3. The van der Waals surface area contributed by atoms with Crippen LogP contribution in [0, 0.1) is 0 Å². The van der Waals surface area contributed by atoms with Gasteiger partial charge in [0.25, 0.3) is 0 Å². The summed E-state index contributed by atoms with van der Waals surface area (Å²) in [7, 11) is 0. The Kier molecular flexibility index (Phi) is 6.75. The average molecular weight is 469 g/mol. The largest absolute Gasteiger partial charge is 0.489 e. The third-order valence-electron chi connectivity index (χ3n) is 6.68. The van der Waals surface area contributed by atoms with E-state index in [-0.39, 0.29) is 12.1 Å². The van der Waals surface area contributed by atoms with Crippen LogP contribution in [0.15, 0.2) is 72.8 Å². The van der Waals surface area contributed by atoms with Gasteiger partial charge in [-0.1, -0.05) is 67.9 Å². The summed E-state index contributed by atoms with van der Waals surface area (Å²) in [5.74, 6) is 0.844. The molecule has 1 aliphatic rings. The van der Waals surface area contributed by atoms with Crippen LogP contribution < -0.4 is 4.74 Å². The summed E-state index contributed by atoms with van der Waals surface area (Å²) >= 11 is 0. The molecule has 0 saturated carbocycles. The van der Waals surface area contributed by atoms with Crippen LogP contribution in [0.1, 0.15) is 54.3 Å². The Hall–Kier alpha value is -3.73. The predicted octanol–water partition coefficient (Wildman–Crippen LogP) is 6.80. The van der Waals surface area contributed by atoms with Gasteiger partial charge in [-0.05, 0) is 60.2 Å². The highest BCUT2D eigenvalue weighted by Gasteiger charge is 2.35. The van der Waals surface area contributed by atoms with Gasteiger partial charge in [0.1, 0.15) is 18.4 Å². The number of aromatic amines is 1. The molecule has 2 heterocycles. The van der Waals surface area contributed by atoms with Crippen molar-refractivity contribution in [3.05, 3.63) is 101 Å². The quantitative estimate of drug-likeness (QED) is 0.324. The number of fused-ring (bicyclic) bond motifs is 3. The number of carbonyl (C=O) groups is 1. The molecule has 0 radical (unpaired) electrons. The van der Waals surface area contributed by atoms with Crippen molar-refractivity contribution in [2.24, 2.45) is 0 Å². The van der Waals surface area contributed by atoms with Crippen molar-refractivity contribution in [2.75, 3.05) is 13.2 Å². The minimum absolute atomic E-state index is 0.213. The van der Waals surface area contributed by atoms with E-state index >= 15 is 0 Å². The van der Waals surface area contributed by atoms with Crippen molar-refractivity contribution >= 4 is 17.0 Å². The number of amides is 1. The van der Waals surface area contributed by atoms with Crippen LogP contribution in [0.25, 0.3) is 10.9 Å². The highest BCUT2D eigenvalue weighted by atomic mass is 16.6. The molecule has 1 N–H and O–H groups in total. The van der Waals surface area contributed by atoms with E-state index in [0.717, 1.165) is 52.7 Å². The molecule has 1 unspecified atom stereocenters. The molecule has 4 aromatic rings. The fourth-order valence-corrected chi connectivity index (χ4v) is 5.00. The summed E-state index contributed by atoms with van der Waals surface area (Å²) in [5, 5.41) is 1.15. The van der Waals surface area contributed by atoms with Gasteiger partial charge in [0.15, 0.2) is 0 Å². The minimum atomic E-state index is -0.272. The van der Waals surface area contributed by atoms with Crippen LogP contribution in [0.5, 0.6) is 5.75 Å². The Bertz CT molecular complexity index is 1290. The first-order valence-electron chi connectivity index (χ1n) is 12.5. The molecule has 0 bridgehead atoms. The molecule has 5 rings (SSSR count). The first kappa shape index (κ1) is 23.0. The van der Waals surface area contributed by atoms with Gasteiger partial charge in [0.05, 0.1) is 6.61 Å². The Morgan fingerprint density at radius 1 is 1.00 bits per heavy atom. The summed E-state index contributed by atoms with van der Waals surface area (Å²) in [5.41, 5.74) is 6.90. The van der Waals surface area contributed by atoms with Crippen LogP contribution in [-0.2, 0) is 24.2 Å². The van der Waals surface area contributed by atoms with E-state index in [1.54, 1.807) is 0 Å². The van der Waals surface area contributed by atoms with Crippen LogP contribution >= 0.6 is 0 Å². The Morgan fingerprint density at radius 2 is 1.80 bits per heavy atom. The molecule has 1 aromatic heterocycles. The molecule has 0 fully saturated rings. The average Bonchev–Trinajstić information content (AvgIpc) is 3.26. The number of benzene rings is 3. The predicted molar refractivity (Wildman–Crippen MR) is 139 cm³/mol. The molecule has 5 heteroatoms. The minimum Gasteiger partial charge on any atom is -0.489 e. The van der Waals surface area contributed by atoms with Crippen molar-refractivity contribution in [3.63, 3.8) is 0 Å². The molecule has 1 aliphatic heterocycles. The van der Waals surface area contributed by atoms with Gasteiger partial charge in [0, 0.05) is 23.1 Å². The summed E-state index contributed by atoms with van der Waals surface area (Å²) in [6.45, 7) is 5.53. The lowest BCUT2D eigenvalue weighted by atomic mass is 9.92. The van der Waals surface area contributed by atoms with Crippen LogP contribution in [0.3, 0.4) is 0 Å². The molecule has 1 atom stereocenters. The van der Waals surface area contributed by atoms with Crippen molar-refractivity contribution in [2.45, 2.75) is 45.8 Å². The van der Waals surface area contributed by atoms with Gasteiger partial charge >= 0.3 is 6.09 Å². The van der Waals surface area contributed by atoms with E-state index in [9.17, 15) is 4.79 Å². The normalized spacial score (nSPS) is 15.1. The van der Waals surface area contributed by atoms with Crippen molar-refractivity contribution in [1.82, 2.24) is 9.88 Å². The number of H-pyrrole nitrogens is 1. The van der Waals surface area contributed by atoms with Gasteiger partial charge in [-0.25, -0.2) is 4.79 Å². The van der Waals surface area contributed by atoms with Gasteiger partial charge < -0.3 is 14.5 Å². The van der Waals surface area contributed by atoms with E-state index in [1.165, 1.54) is 11.1 Å². The topological polar surface area (TPSA) is 54.6 Å². The molecule has 3 aromatic carbocycles. The van der Waals surface area contributed by atoms with Gasteiger partial charge in [0.2, 0.25) is 0 Å². The van der Waals surface area contributed by atoms with Crippen LogP contribution in [0.2, 0.25) is 0 Å². The number of nitrogens with zero attached hydrogens (tertiary/aromatic N) is 1. The molecule has 0 spiro atoms. The maximum atomic E-state index is 12.9. The Balaban J connectivity index is 1.50. The lowest BCUT2D eigenvalue weighted by Gasteiger charge is -2.35. The molecular weight excluding hydrogens is 436 g/mol. The zero-order chi connectivity index (χ0) is 24.2. The van der Waals surface area contributed by atoms with Crippen LogP contribution in [-0.4, -0.2) is 29.1 Å². The molecule has 1 amide bonds. The number of nitrogens with one attached hydrogen (secondary N) is 1. The third kappa shape index (κ3) is 4.76. The molecule has 0 saturated heterocycles. The lowest BCUT2D eigenvalue weighted by molar-refractivity contribution is 0.0932. The Labute approximate surface area is 206 Å². The number of aromatic nitrogens is 1. The van der Waals surface area contributed by atoms with E-state index < -0.39 is 0 Å². The van der Waals surface area contributed by atoms with E-state index in [0.29, 0.717) is 19.8 Å². The smallest absolute Gasteiger partial charge is 0.410 e. The van der Waals surface area contributed by atoms with E-state index in [4.69, 9.17) is 9.47 Å². The van der Waals surface area contributed by atoms with Gasteiger partial charge in [-0.15, -0.1) is 0 Å². The number of carbonyl (C=O) groups excluding carboxylic acids is 1. The number of hydrogen-bond acceptors (Lipinski definition) is 3. The first-order chi connectivity index (χ1) is 17.2. The monoisotopic (exact) mass is 468 g/mol. The first-order valence-corrected chi connectivity index (χ1v) is 12.5. The Morgan fingerprint density at radius 3 is 2.54 bits per heavy atom. The van der Waals surface area contributed by atoms with Crippen molar-refractivity contribution in [1.29, 1.82) is 0 Å². The second-order valence-corrected chi connectivity index (χ2v) is 9.04. The zero-order valence-electron chi connectivity index (χ0n) is 20.4. The maximum Gasteiger partial charge on any atom is 0.410 e. The zero-order valence-corrected chi connectivity index (χ0v) is 20.4. The van der Waals surface area contributed by atoms with E-state index in [2.05, 4.69) is 60.4 Å². The lowest BCUT2D eigenvalue weighted by Crippen LogP contribution is -2.41. The second-order valence-electron chi connectivity index (χ2n) is 9.04.